The molecule has 0 saturated heterocycles. The van der Waals surface area contributed by atoms with E-state index in [1.807, 2.05) is 36.4 Å². The summed E-state index contributed by atoms with van der Waals surface area (Å²) in [6.45, 7) is 0. The molecule has 2 aromatic carbocycles. The summed E-state index contributed by atoms with van der Waals surface area (Å²) < 4.78 is 4.96. The van der Waals surface area contributed by atoms with Gasteiger partial charge in [-0.25, -0.2) is 0 Å². The minimum atomic E-state index is -0.244. The van der Waals surface area contributed by atoms with E-state index in [1.54, 1.807) is 0 Å². The van der Waals surface area contributed by atoms with Crippen LogP contribution in [0.15, 0.2) is 72.8 Å². The molecule has 3 heteroatoms. The fourth-order valence-corrected chi connectivity index (χ4v) is 3.34. The highest BCUT2D eigenvalue weighted by Crippen LogP contribution is 2.24. The van der Waals surface area contributed by atoms with Crippen LogP contribution in [-0.4, -0.2) is 18.4 Å². The number of hydrogen-bond acceptors (Lipinski definition) is 2. The lowest BCUT2D eigenvalue weighted by atomic mass is 9.94. The van der Waals surface area contributed by atoms with E-state index in [-0.39, 0.29) is 11.9 Å². The normalized spacial score (nSPS) is 13.6. The van der Waals surface area contributed by atoms with Crippen molar-refractivity contribution in [2.24, 2.45) is 0 Å². The number of esters is 1. The van der Waals surface area contributed by atoms with Crippen LogP contribution in [0, 0.1) is 0 Å². The van der Waals surface area contributed by atoms with Crippen molar-refractivity contribution in [2.75, 3.05) is 12.4 Å². The zero-order valence-electron chi connectivity index (χ0n) is 13.9. The number of halogens is 1. The molecule has 2 nitrogen and oxygen atoms in total. The Bertz CT molecular complexity index is 637. The summed E-state index contributed by atoms with van der Waals surface area (Å²) in [6.07, 6.45) is 5.85. The topological polar surface area (TPSA) is 26.3 Å². The Morgan fingerprint density at radius 3 is 2.04 bits per heavy atom. The molecular formula is C21H23BrO2. The van der Waals surface area contributed by atoms with Gasteiger partial charge in [-0.3, -0.25) is 4.79 Å². The van der Waals surface area contributed by atoms with Crippen molar-refractivity contribution in [3.05, 3.63) is 83.9 Å². The lowest BCUT2D eigenvalue weighted by Crippen LogP contribution is -2.13. The summed E-state index contributed by atoms with van der Waals surface area (Å²) in [5, 5.41) is 0.917. The molecule has 0 spiro atoms. The minimum absolute atomic E-state index is 0.189. The molecule has 0 aliphatic carbocycles. The highest BCUT2D eigenvalue weighted by molar-refractivity contribution is 9.09. The molecule has 0 aliphatic rings. The zero-order chi connectivity index (χ0) is 17.2. The molecule has 0 heterocycles. The molecule has 126 valence electrons. The summed E-state index contributed by atoms with van der Waals surface area (Å²) in [7, 11) is 1.44. The van der Waals surface area contributed by atoms with Gasteiger partial charge in [0.15, 0.2) is 0 Å². The number of carbonyl (C=O) groups is 1. The van der Waals surface area contributed by atoms with Crippen LogP contribution in [-0.2, 0) is 9.53 Å². The number of rotatable bonds is 8. The van der Waals surface area contributed by atoms with Crippen LogP contribution in [0.4, 0.5) is 0 Å². The predicted molar refractivity (Wildman–Crippen MR) is 103 cm³/mol. The average Bonchev–Trinajstić information content (AvgIpc) is 2.65. The highest BCUT2D eigenvalue weighted by atomic mass is 79.9. The Kier molecular flexibility index (Phi) is 7.76. The van der Waals surface area contributed by atoms with Crippen molar-refractivity contribution in [2.45, 2.75) is 24.7 Å². The second-order valence-corrected chi connectivity index (χ2v) is 6.34. The highest BCUT2D eigenvalue weighted by Gasteiger charge is 2.19. The maximum absolute atomic E-state index is 12.1. The first-order valence-corrected chi connectivity index (χ1v) is 9.27. The number of methoxy groups -OCH3 is 1. The van der Waals surface area contributed by atoms with Gasteiger partial charge >= 0.3 is 5.97 Å². The number of allylic oxidation sites excluding steroid dienone is 2. The first-order valence-electron chi connectivity index (χ1n) is 8.15. The summed E-state index contributed by atoms with van der Waals surface area (Å²) in [6, 6.07) is 20.3. The van der Waals surface area contributed by atoms with Crippen molar-refractivity contribution < 1.29 is 9.53 Å². The van der Waals surface area contributed by atoms with Gasteiger partial charge in [-0.05, 0) is 29.9 Å². The van der Waals surface area contributed by atoms with E-state index in [1.165, 1.54) is 12.7 Å². The van der Waals surface area contributed by atoms with E-state index < -0.39 is 0 Å². The van der Waals surface area contributed by atoms with E-state index in [4.69, 9.17) is 4.74 Å². The monoisotopic (exact) mass is 386 g/mol. The van der Waals surface area contributed by atoms with Gasteiger partial charge in [0.25, 0.3) is 0 Å². The first-order chi connectivity index (χ1) is 11.8. The molecule has 0 N–H and O–H groups in total. The second kappa shape index (κ2) is 10.1. The third-order valence-corrected chi connectivity index (χ3v) is 4.89. The van der Waals surface area contributed by atoms with Gasteiger partial charge < -0.3 is 4.74 Å². The molecule has 0 aromatic heterocycles. The smallest absolute Gasteiger partial charge is 0.313 e. The number of ether oxygens (including phenoxy) is 1. The summed E-state index contributed by atoms with van der Waals surface area (Å²) >= 11 is 3.60. The fraction of sp³-hybridized carbons (Fsp3) is 0.286. The van der Waals surface area contributed by atoms with Crippen molar-refractivity contribution in [3.8, 4) is 0 Å². The lowest BCUT2D eigenvalue weighted by molar-refractivity contribution is -0.142. The predicted octanol–water partition coefficient (Wildman–Crippen LogP) is 5.46. The average molecular weight is 387 g/mol. The Labute approximate surface area is 152 Å². The molecule has 2 rings (SSSR count). The number of benzene rings is 2. The van der Waals surface area contributed by atoms with Gasteiger partial charge in [0.05, 0.1) is 13.0 Å². The van der Waals surface area contributed by atoms with Crippen LogP contribution < -0.4 is 0 Å². The Morgan fingerprint density at radius 2 is 1.50 bits per heavy atom. The van der Waals surface area contributed by atoms with Gasteiger partial charge in [0.1, 0.15) is 0 Å². The number of alkyl halides is 1. The SMILES string of the molecule is COC(=O)C(CC=CCC(CBr)c1ccccc1)c1ccccc1. The third kappa shape index (κ3) is 5.34. The number of hydrogen-bond donors (Lipinski definition) is 0. The first kappa shape index (κ1) is 18.5. The standard InChI is InChI=1S/C21H23BrO2/c1-24-21(23)20(18-12-6-3-7-13-18)15-9-8-14-19(16-22)17-10-4-2-5-11-17/h2-13,19-20H,14-16H2,1H3. The molecule has 24 heavy (non-hydrogen) atoms. The van der Waals surface area contributed by atoms with Crippen LogP contribution in [0.1, 0.15) is 35.8 Å². The van der Waals surface area contributed by atoms with Gasteiger partial charge in [0.2, 0.25) is 0 Å². The van der Waals surface area contributed by atoms with E-state index in [9.17, 15) is 4.79 Å². The molecule has 0 saturated carbocycles. The van der Waals surface area contributed by atoms with Crippen molar-refractivity contribution in [1.29, 1.82) is 0 Å². The van der Waals surface area contributed by atoms with Crippen molar-refractivity contribution in [3.63, 3.8) is 0 Å². The van der Waals surface area contributed by atoms with E-state index in [0.717, 1.165) is 17.3 Å². The van der Waals surface area contributed by atoms with Gasteiger partial charge in [-0.2, -0.15) is 0 Å². The molecule has 0 radical (unpaired) electrons. The summed E-state index contributed by atoms with van der Waals surface area (Å²) in [5.41, 5.74) is 2.32. The van der Waals surface area contributed by atoms with Crippen molar-refractivity contribution in [1.82, 2.24) is 0 Å². The number of carbonyl (C=O) groups excluding carboxylic acids is 1. The van der Waals surface area contributed by atoms with Crippen LogP contribution in [0.3, 0.4) is 0 Å². The second-order valence-electron chi connectivity index (χ2n) is 5.69. The van der Waals surface area contributed by atoms with Crippen LogP contribution >= 0.6 is 15.9 Å². The molecule has 0 bridgehead atoms. The molecule has 2 unspecified atom stereocenters. The van der Waals surface area contributed by atoms with E-state index in [2.05, 4.69) is 52.3 Å². The molecular weight excluding hydrogens is 364 g/mol. The van der Waals surface area contributed by atoms with Crippen molar-refractivity contribution >= 4 is 21.9 Å². The van der Waals surface area contributed by atoms with Gasteiger partial charge in [-0.15, -0.1) is 0 Å². The van der Waals surface area contributed by atoms with Crippen LogP contribution in [0.2, 0.25) is 0 Å². The molecule has 0 aliphatic heterocycles. The maximum Gasteiger partial charge on any atom is 0.313 e. The summed E-state index contributed by atoms with van der Waals surface area (Å²) in [5.74, 6) is 0.00768. The van der Waals surface area contributed by atoms with Gasteiger partial charge in [-0.1, -0.05) is 88.7 Å². The largest absolute Gasteiger partial charge is 0.469 e. The Hall–Kier alpha value is -1.87. The maximum atomic E-state index is 12.1. The Morgan fingerprint density at radius 1 is 0.958 bits per heavy atom. The van der Waals surface area contributed by atoms with E-state index in [0.29, 0.717) is 12.3 Å². The molecule has 0 fully saturated rings. The minimum Gasteiger partial charge on any atom is -0.469 e. The third-order valence-electron chi connectivity index (χ3n) is 4.10. The quantitative estimate of drug-likeness (QED) is 0.342. The van der Waals surface area contributed by atoms with Gasteiger partial charge in [0, 0.05) is 5.33 Å². The summed E-state index contributed by atoms with van der Waals surface area (Å²) in [4.78, 5) is 12.1. The molecule has 2 atom stereocenters. The van der Waals surface area contributed by atoms with E-state index >= 15 is 0 Å². The van der Waals surface area contributed by atoms with Crippen LogP contribution in [0.5, 0.6) is 0 Å². The molecule has 2 aromatic rings. The lowest BCUT2D eigenvalue weighted by Gasteiger charge is -2.14. The fourth-order valence-electron chi connectivity index (χ4n) is 2.70. The molecule has 0 amide bonds. The zero-order valence-corrected chi connectivity index (χ0v) is 15.5. The Balaban J connectivity index is 1.98. The van der Waals surface area contributed by atoms with Crippen LogP contribution in [0.25, 0.3) is 0 Å².